The van der Waals surface area contributed by atoms with Crippen molar-refractivity contribution in [1.82, 2.24) is 20.2 Å². The SMILES string of the molecule is Nc1n[nH]c(-c2cccnc2N)n1.O. The largest absolute Gasteiger partial charge is 0.412 e. The minimum Gasteiger partial charge on any atom is -0.412 e. The van der Waals surface area contributed by atoms with Crippen molar-refractivity contribution in [3.05, 3.63) is 18.3 Å². The summed E-state index contributed by atoms with van der Waals surface area (Å²) in [5, 5.41) is 6.35. The van der Waals surface area contributed by atoms with Crippen molar-refractivity contribution >= 4 is 11.8 Å². The van der Waals surface area contributed by atoms with Crippen molar-refractivity contribution in [3.8, 4) is 11.4 Å². The number of aromatic amines is 1. The van der Waals surface area contributed by atoms with Gasteiger partial charge in [-0.1, -0.05) is 0 Å². The maximum Gasteiger partial charge on any atom is 0.239 e. The van der Waals surface area contributed by atoms with Crippen LogP contribution < -0.4 is 11.5 Å². The molecule has 2 aromatic rings. The molecule has 2 aromatic heterocycles. The Balaban J connectivity index is 0.000000980. The summed E-state index contributed by atoms with van der Waals surface area (Å²) < 4.78 is 0. The van der Waals surface area contributed by atoms with E-state index in [-0.39, 0.29) is 11.4 Å². The molecule has 0 spiro atoms. The van der Waals surface area contributed by atoms with Crippen LogP contribution in [0, 0.1) is 0 Å². The Bertz CT molecular complexity index is 426. The molecule has 14 heavy (non-hydrogen) atoms. The van der Waals surface area contributed by atoms with Gasteiger partial charge >= 0.3 is 0 Å². The van der Waals surface area contributed by atoms with Gasteiger partial charge in [-0.05, 0) is 12.1 Å². The fourth-order valence-electron chi connectivity index (χ4n) is 1.01. The van der Waals surface area contributed by atoms with Crippen LogP contribution in [0.2, 0.25) is 0 Å². The number of anilines is 2. The van der Waals surface area contributed by atoms with Crippen molar-refractivity contribution in [1.29, 1.82) is 0 Å². The number of aromatic nitrogens is 4. The zero-order chi connectivity index (χ0) is 9.26. The number of nitrogens with one attached hydrogen (secondary N) is 1. The van der Waals surface area contributed by atoms with E-state index in [1.54, 1.807) is 18.3 Å². The Labute approximate surface area is 79.5 Å². The Kier molecular flexibility index (Phi) is 2.63. The second kappa shape index (κ2) is 3.71. The second-order valence-corrected chi connectivity index (χ2v) is 2.48. The lowest BCUT2D eigenvalue weighted by Crippen LogP contribution is -1.94. The summed E-state index contributed by atoms with van der Waals surface area (Å²) in [6.45, 7) is 0. The van der Waals surface area contributed by atoms with E-state index in [4.69, 9.17) is 11.5 Å². The third kappa shape index (κ3) is 1.62. The van der Waals surface area contributed by atoms with Gasteiger partial charge in [-0.25, -0.2) is 4.98 Å². The monoisotopic (exact) mass is 194 g/mol. The molecule has 0 fully saturated rings. The normalized spacial score (nSPS) is 9.43. The van der Waals surface area contributed by atoms with Crippen LogP contribution in [-0.4, -0.2) is 25.6 Å². The molecule has 0 saturated carbocycles. The molecule has 2 rings (SSSR count). The average molecular weight is 194 g/mol. The highest BCUT2D eigenvalue weighted by molar-refractivity contribution is 5.67. The van der Waals surface area contributed by atoms with E-state index in [0.717, 1.165) is 0 Å². The fraction of sp³-hybridized carbons (Fsp3) is 0. The number of hydrogen-bond donors (Lipinski definition) is 3. The molecule has 0 aliphatic carbocycles. The molecule has 74 valence electrons. The molecule has 7 N–H and O–H groups in total. The number of nitrogen functional groups attached to an aromatic ring is 2. The Hall–Kier alpha value is -2.15. The van der Waals surface area contributed by atoms with Crippen molar-refractivity contribution in [2.45, 2.75) is 0 Å². The van der Waals surface area contributed by atoms with Gasteiger partial charge in [-0.3, -0.25) is 5.10 Å². The number of nitrogens with zero attached hydrogens (tertiary/aromatic N) is 3. The van der Waals surface area contributed by atoms with Crippen LogP contribution in [0.1, 0.15) is 0 Å². The number of nitrogens with two attached hydrogens (primary N) is 2. The van der Waals surface area contributed by atoms with Gasteiger partial charge in [0.2, 0.25) is 5.95 Å². The first kappa shape index (κ1) is 9.93. The summed E-state index contributed by atoms with van der Waals surface area (Å²) in [5.74, 6) is 1.13. The van der Waals surface area contributed by atoms with Gasteiger partial charge in [0.1, 0.15) is 5.82 Å². The van der Waals surface area contributed by atoms with E-state index in [0.29, 0.717) is 17.2 Å². The molecule has 0 saturated heterocycles. The number of rotatable bonds is 1. The quantitative estimate of drug-likeness (QED) is 0.545. The van der Waals surface area contributed by atoms with Crippen LogP contribution in [0.5, 0.6) is 0 Å². The minimum absolute atomic E-state index is 0. The van der Waals surface area contributed by atoms with Gasteiger partial charge in [0.15, 0.2) is 5.82 Å². The maximum atomic E-state index is 5.62. The zero-order valence-corrected chi connectivity index (χ0v) is 7.23. The molecule has 0 atom stereocenters. The van der Waals surface area contributed by atoms with Gasteiger partial charge in [-0.2, -0.15) is 4.98 Å². The molecule has 0 aliphatic heterocycles. The third-order valence-corrected chi connectivity index (χ3v) is 1.60. The van der Waals surface area contributed by atoms with E-state index in [1.165, 1.54) is 0 Å². The maximum absolute atomic E-state index is 5.62. The summed E-state index contributed by atoms with van der Waals surface area (Å²) in [6, 6.07) is 3.56. The van der Waals surface area contributed by atoms with Gasteiger partial charge in [0, 0.05) is 6.20 Å². The minimum atomic E-state index is 0. The number of hydrogen-bond acceptors (Lipinski definition) is 5. The van der Waals surface area contributed by atoms with E-state index in [1.807, 2.05) is 0 Å². The van der Waals surface area contributed by atoms with Crippen LogP contribution in [0.25, 0.3) is 11.4 Å². The smallest absolute Gasteiger partial charge is 0.239 e. The van der Waals surface area contributed by atoms with Crippen molar-refractivity contribution < 1.29 is 5.48 Å². The van der Waals surface area contributed by atoms with Crippen LogP contribution in [0.15, 0.2) is 18.3 Å². The van der Waals surface area contributed by atoms with Crippen molar-refractivity contribution in [2.75, 3.05) is 11.5 Å². The van der Waals surface area contributed by atoms with E-state index in [2.05, 4.69) is 20.2 Å². The fourth-order valence-corrected chi connectivity index (χ4v) is 1.01. The first-order chi connectivity index (χ1) is 6.27. The summed E-state index contributed by atoms with van der Waals surface area (Å²) in [6.07, 6.45) is 1.61. The molecule has 0 aromatic carbocycles. The molecule has 0 aliphatic rings. The standard InChI is InChI=1S/C7H8N6.H2O/c8-5-4(2-1-3-10-5)6-11-7(9)13-12-6;/h1-3H,(H2,8,10)(H3,9,11,12,13);1H2. The highest BCUT2D eigenvalue weighted by atomic mass is 16.0. The molecule has 0 bridgehead atoms. The topological polar surface area (TPSA) is 138 Å². The lowest BCUT2D eigenvalue weighted by molar-refractivity contribution is 0.824. The highest BCUT2D eigenvalue weighted by Gasteiger charge is 2.06. The average Bonchev–Trinajstić information content (AvgIpc) is 2.53. The summed E-state index contributed by atoms with van der Waals surface area (Å²) >= 11 is 0. The van der Waals surface area contributed by atoms with E-state index < -0.39 is 0 Å². The van der Waals surface area contributed by atoms with Gasteiger partial charge in [-0.15, -0.1) is 5.10 Å². The predicted molar refractivity (Wildman–Crippen MR) is 52.1 cm³/mol. The van der Waals surface area contributed by atoms with E-state index in [9.17, 15) is 0 Å². The molecule has 0 unspecified atom stereocenters. The zero-order valence-electron chi connectivity index (χ0n) is 7.23. The Morgan fingerprint density at radius 1 is 1.29 bits per heavy atom. The molecular formula is C7H10N6O. The van der Waals surface area contributed by atoms with Gasteiger partial charge in [0.25, 0.3) is 0 Å². The summed E-state index contributed by atoms with van der Waals surface area (Å²) in [4.78, 5) is 7.85. The van der Waals surface area contributed by atoms with Gasteiger partial charge < -0.3 is 16.9 Å². The molecule has 0 radical (unpaired) electrons. The lowest BCUT2D eigenvalue weighted by Gasteiger charge is -1.97. The second-order valence-electron chi connectivity index (χ2n) is 2.48. The summed E-state index contributed by atoms with van der Waals surface area (Å²) in [7, 11) is 0. The van der Waals surface area contributed by atoms with Crippen LogP contribution in [-0.2, 0) is 0 Å². The molecule has 7 nitrogen and oxygen atoms in total. The van der Waals surface area contributed by atoms with Crippen LogP contribution in [0.3, 0.4) is 0 Å². The predicted octanol–water partition coefficient (Wildman–Crippen LogP) is -0.794. The highest BCUT2D eigenvalue weighted by Crippen LogP contribution is 2.19. The van der Waals surface area contributed by atoms with Crippen LogP contribution >= 0.6 is 0 Å². The molecule has 0 amide bonds. The Morgan fingerprint density at radius 3 is 2.64 bits per heavy atom. The van der Waals surface area contributed by atoms with Crippen molar-refractivity contribution in [2.24, 2.45) is 0 Å². The number of pyridine rings is 1. The van der Waals surface area contributed by atoms with E-state index >= 15 is 0 Å². The first-order valence-corrected chi connectivity index (χ1v) is 3.66. The van der Waals surface area contributed by atoms with Gasteiger partial charge in [0.05, 0.1) is 5.56 Å². The van der Waals surface area contributed by atoms with Crippen molar-refractivity contribution in [3.63, 3.8) is 0 Å². The van der Waals surface area contributed by atoms with Crippen LogP contribution in [0.4, 0.5) is 11.8 Å². The number of H-pyrrole nitrogens is 1. The molecule has 7 heteroatoms. The Morgan fingerprint density at radius 2 is 2.07 bits per heavy atom. The lowest BCUT2D eigenvalue weighted by atomic mass is 10.2. The summed E-state index contributed by atoms with van der Waals surface area (Å²) in [5.41, 5.74) is 11.7. The third-order valence-electron chi connectivity index (χ3n) is 1.60. The first-order valence-electron chi connectivity index (χ1n) is 3.66. The molecule has 2 heterocycles. The molecular weight excluding hydrogens is 184 g/mol.